The molecular weight excluding hydrogens is 176 g/mol. The van der Waals surface area contributed by atoms with E-state index < -0.39 is 15.1 Å². The molecule has 4 heteroatoms. The summed E-state index contributed by atoms with van der Waals surface area (Å²) in [5.41, 5.74) is 0. The van der Waals surface area contributed by atoms with Crippen molar-refractivity contribution in [3.8, 4) is 0 Å². The first-order valence-corrected chi connectivity index (χ1v) is 6.07. The molecule has 0 radical (unpaired) electrons. The lowest BCUT2D eigenvalue weighted by Gasteiger charge is -2.25. The van der Waals surface area contributed by atoms with Gasteiger partial charge in [0.15, 0.2) is 9.84 Å². The highest BCUT2D eigenvalue weighted by Gasteiger charge is 2.33. The van der Waals surface area contributed by atoms with Gasteiger partial charge in [0.1, 0.15) is 5.78 Å². The summed E-state index contributed by atoms with van der Waals surface area (Å²) in [5.74, 6) is 0.223. The molecule has 0 aromatic rings. The first-order chi connectivity index (χ1) is 5.41. The number of carbonyl (C=O) groups is 1. The van der Waals surface area contributed by atoms with Crippen LogP contribution in [-0.4, -0.2) is 25.7 Å². The van der Waals surface area contributed by atoms with Crippen molar-refractivity contribution < 1.29 is 13.2 Å². The molecule has 1 saturated carbocycles. The predicted molar refractivity (Wildman–Crippen MR) is 46.7 cm³/mol. The molecule has 2 unspecified atom stereocenters. The predicted octanol–water partition coefficient (Wildman–Crippen LogP) is 0.789. The lowest BCUT2D eigenvalue weighted by atomic mass is 9.89. The summed E-state index contributed by atoms with van der Waals surface area (Å²) in [7, 11) is -3.03. The Labute approximate surface area is 73.1 Å². The Morgan fingerprint density at radius 1 is 1.42 bits per heavy atom. The van der Waals surface area contributed by atoms with Crippen LogP contribution in [-0.2, 0) is 14.6 Å². The third-order valence-electron chi connectivity index (χ3n) is 2.49. The second-order valence-corrected chi connectivity index (χ2v) is 5.89. The number of sulfone groups is 1. The van der Waals surface area contributed by atoms with Gasteiger partial charge >= 0.3 is 0 Å². The fourth-order valence-corrected chi connectivity index (χ4v) is 3.14. The van der Waals surface area contributed by atoms with Crippen LogP contribution in [0.15, 0.2) is 0 Å². The molecule has 0 aromatic heterocycles. The third kappa shape index (κ3) is 2.06. The van der Waals surface area contributed by atoms with Gasteiger partial charge < -0.3 is 0 Å². The Bertz CT molecular complexity index is 279. The second kappa shape index (κ2) is 3.17. The molecule has 1 rings (SSSR count). The van der Waals surface area contributed by atoms with Crippen molar-refractivity contribution in [3.63, 3.8) is 0 Å². The van der Waals surface area contributed by atoms with Gasteiger partial charge in [0.05, 0.1) is 5.25 Å². The van der Waals surface area contributed by atoms with E-state index in [2.05, 4.69) is 0 Å². The van der Waals surface area contributed by atoms with Crippen LogP contribution in [0.2, 0.25) is 0 Å². The number of carbonyl (C=O) groups excluding carboxylic acids is 1. The van der Waals surface area contributed by atoms with Crippen molar-refractivity contribution in [1.29, 1.82) is 0 Å². The van der Waals surface area contributed by atoms with Crippen molar-refractivity contribution in [1.82, 2.24) is 0 Å². The molecule has 0 amide bonds. The van der Waals surface area contributed by atoms with Crippen LogP contribution in [0.5, 0.6) is 0 Å². The number of rotatable bonds is 1. The fourth-order valence-electron chi connectivity index (χ4n) is 1.68. The Kier molecular flexibility index (Phi) is 2.56. The van der Waals surface area contributed by atoms with Gasteiger partial charge in [0.25, 0.3) is 0 Å². The van der Waals surface area contributed by atoms with E-state index >= 15 is 0 Å². The summed E-state index contributed by atoms with van der Waals surface area (Å²) >= 11 is 0. The van der Waals surface area contributed by atoms with Gasteiger partial charge in [-0.3, -0.25) is 4.79 Å². The zero-order valence-electron chi connectivity index (χ0n) is 7.41. The summed E-state index contributed by atoms with van der Waals surface area (Å²) in [6.07, 6.45) is 2.70. The molecule has 0 heterocycles. The Hall–Kier alpha value is -0.380. The minimum Gasteiger partial charge on any atom is -0.300 e. The summed E-state index contributed by atoms with van der Waals surface area (Å²) in [5, 5.41) is -0.432. The largest absolute Gasteiger partial charge is 0.300 e. The first-order valence-electron chi connectivity index (χ1n) is 4.12. The molecule has 3 nitrogen and oxygen atoms in total. The van der Waals surface area contributed by atoms with E-state index in [1.807, 2.05) is 6.92 Å². The summed E-state index contributed by atoms with van der Waals surface area (Å²) in [6, 6.07) is 0. The average molecular weight is 190 g/mol. The molecule has 0 bridgehead atoms. The zero-order chi connectivity index (χ0) is 9.35. The van der Waals surface area contributed by atoms with E-state index in [9.17, 15) is 13.2 Å². The van der Waals surface area contributed by atoms with Gasteiger partial charge in [-0.25, -0.2) is 8.42 Å². The fraction of sp³-hybridized carbons (Fsp3) is 0.875. The lowest BCUT2D eigenvalue weighted by Crippen LogP contribution is -2.34. The van der Waals surface area contributed by atoms with E-state index in [1.54, 1.807) is 0 Å². The summed E-state index contributed by atoms with van der Waals surface area (Å²) in [6.45, 7) is 1.90. The monoisotopic (exact) mass is 190 g/mol. The van der Waals surface area contributed by atoms with Crippen LogP contribution in [0.3, 0.4) is 0 Å². The molecule has 0 aliphatic heterocycles. The molecular formula is C8H14O3S. The van der Waals surface area contributed by atoms with Gasteiger partial charge in [0, 0.05) is 19.1 Å². The topological polar surface area (TPSA) is 51.2 Å². The lowest BCUT2D eigenvalue weighted by molar-refractivity contribution is -0.120. The van der Waals surface area contributed by atoms with Gasteiger partial charge in [-0.15, -0.1) is 0 Å². The number of hydrogen-bond donors (Lipinski definition) is 0. The molecule has 0 N–H and O–H groups in total. The summed E-state index contributed by atoms with van der Waals surface area (Å²) in [4.78, 5) is 11.0. The van der Waals surface area contributed by atoms with Crippen LogP contribution in [0.4, 0.5) is 0 Å². The van der Waals surface area contributed by atoms with Gasteiger partial charge in [-0.2, -0.15) is 0 Å². The van der Waals surface area contributed by atoms with Gasteiger partial charge in [0.2, 0.25) is 0 Å². The molecule has 1 aliphatic rings. The van der Waals surface area contributed by atoms with Crippen LogP contribution in [0, 0.1) is 5.92 Å². The molecule has 70 valence electrons. The average Bonchev–Trinajstić information content (AvgIpc) is 1.92. The van der Waals surface area contributed by atoms with E-state index in [0.29, 0.717) is 6.42 Å². The van der Waals surface area contributed by atoms with E-state index in [-0.39, 0.29) is 18.1 Å². The van der Waals surface area contributed by atoms with E-state index in [0.717, 1.165) is 6.42 Å². The molecule has 1 fully saturated rings. The minimum atomic E-state index is -3.03. The maximum absolute atomic E-state index is 11.2. The normalized spacial score (nSPS) is 32.0. The number of Topliss-reactive ketones (excluding diaryl/α,β-unsaturated/α-hetero) is 1. The van der Waals surface area contributed by atoms with Crippen LogP contribution in [0.1, 0.15) is 26.2 Å². The Balaban J connectivity index is 2.81. The highest BCUT2D eigenvalue weighted by atomic mass is 32.2. The number of hydrogen-bond acceptors (Lipinski definition) is 3. The van der Waals surface area contributed by atoms with Crippen LogP contribution in [0.25, 0.3) is 0 Å². The molecule has 1 aliphatic carbocycles. The van der Waals surface area contributed by atoms with Crippen molar-refractivity contribution in [3.05, 3.63) is 0 Å². The summed E-state index contributed by atoms with van der Waals surface area (Å²) < 4.78 is 22.4. The maximum atomic E-state index is 11.2. The SMILES string of the molecule is CC1CCC(=O)CC1S(C)(=O)=O. The van der Waals surface area contributed by atoms with Crippen LogP contribution >= 0.6 is 0 Å². The zero-order valence-corrected chi connectivity index (χ0v) is 8.23. The van der Waals surface area contributed by atoms with Gasteiger partial charge in [-0.1, -0.05) is 6.92 Å². The first kappa shape index (κ1) is 9.71. The van der Waals surface area contributed by atoms with Gasteiger partial charge in [-0.05, 0) is 12.3 Å². The van der Waals surface area contributed by atoms with Crippen molar-refractivity contribution >= 4 is 15.6 Å². The molecule has 0 spiro atoms. The van der Waals surface area contributed by atoms with Crippen LogP contribution < -0.4 is 0 Å². The molecule has 12 heavy (non-hydrogen) atoms. The third-order valence-corrected chi connectivity index (χ3v) is 4.22. The Morgan fingerprint density at radius 2 is 2.00 bits per heavy atom. The van der Waals surface area contributed by atoms with E-state index in [4.69, 9.17) is 0 Å². The van der Waals surface area contributed by atoms with E-state index in [1.165, 1.54) is 6.26 Å². The highest BCUT2D eigenvalue weighted by Crippen LogP contribution is 2.26. The standard InChI is InChI=1S/C8H14O3S/c1-6-3-4-7(9)5-8(6)12(2,10)11/h6,8H,3-5H2,1-2H3. The molecule has 0 aromatic carbocycles. The minimum absolute atomic E-state index is 0.0866. The van der Waals surface area contributed by atoms with Crippen molar-refractivity contribution in [2.45, 2.75) is 31.4 Å². The maximum Gasteiger partial charge on any atom is 0.151 e. The highest BCUT2D eigenvalue weighted by molar-refractivity contribution is 7.91. The van der Waals surface area contributed by atoms with Crippen molar-refractivity contribution in [2.75, 3.05) is 6.26 Å². The van der Waals surface area contributed by atoms with Crippen molar-refractivity contribution in [2.24, 2.45) is 5.92 Å². The smallest absolute Gasteiger partial charge is 0.151 e. The quantitative estimate of drug-likeness (QED) is 0.614. The molecule has 2 atom stereocenters. The second-order valence-electron chi connectivity index (χ2n) is 3.63. The number of ketones is 1. The Morgan fingerprint density at radius 3 is 2.42 bits per heavy atom. The molecule has 0 saturated heterocycles.